The van der Waals surface area contributed by atoms with Gasteiger partial charge in [-0.15, -0.1) is 0 Å². The highest BCUT2D eigenvalue weighted by Crippen LogP contribution is 2.38. The van der Waals surface area contributed by atoms with Crippen LogP contribution in [0.15, 0.2) is 99.9 Å². The lowest BCUT2D eigenvalue weighted by atomic mass is 9.91. The van der Waals surface area contributed by atoms with E-state index in [1.165, 1.54) is 11.3 Å². The molecule has 5 aromatic rings. The minimum Gasteiger partial charge on any atom is -0.496 e. The third-order valence-electron chi connectivity index (χ3n) is 7.86. The molecule has 0 radical (unpaired) electrons. The van der Waals surface area contributed by atoms with Crippen molar-refractivity contribution in [2.75, 3.05) is 20.3 Å². The largest absolute Gasteiger partial charge is 0.496 e. The molecule has 4 aromatic carbocycles. The molecule has 1 aliphatic heterocycles. The maximum atomic E-state index is 14.3. The van der Waals surface area contributed by atoms with Gasteiger partial charge in [-0.1, -0.05) is 77.5 Å². The Morgan fingerprint density at radius 1 is 0.936 bits per heavy atom. The Balaban J connectivity index is 1.46. The van der Waals surface area contributed by atoms with Gasteiger partial charge in [0.2, 0.25) is 0 Å². The summed E-state index contributed by atoms with van der Waals surface area (Å²) in [5.41, 5.74) is 2.92. The molecular formula is C37H33ClN2O6S. The molecule has 2 heterocycles. The minimum absolute atomic E-state index is 0.191. The van der Waals surface area contributed by atoms with E-state index in [1.54, 1.807) is 31.6 Å². The first-order valence-corrected chi connectivity index (χ1v) is 16.4. The molecule has 1 aliphatic rings. The van der Waals surface area contributed by atoms with Crippen LogP contribution in [0, 0.1) is 0 Å². The Morgan fingerprint density at radius 3 is 2.43 bits per heavy atom. The van der Waals surface area contributed by atoms with Crippen molar-refractivity contribution in [2.24, 2.45) is 4.99 Å². The fraction of sp³-hybridized carbons (Fsp3) is 0.216. The molecule has 240 valence electrons. The molecule has 8 nitrogen and oxygen atoms in total. The number of allylic oxidation sites excluding steroid dienone is 1. The normalized spacial score (nSPS) is 14.5. The number of benzene rings is 4. The lowest BCUT2D eigenvalue weighted by Crippen LogP contribution is -2.40. The zero-order valence-electron chi connectivity index (χ0n) is 26.4. The molecule has 0 spiro atoms. The van der Waals surface area contributed by atoms with Crippen LogP contribution in [0.4, 0.5) is 0 Å². The Kier molecular flexibility index (Phi) is 9.47. The predicted octanol–water partition coefficient (Wildman–Crippen LogP) is 6.59. The average molecular weight is 669 g/mol. The fourth-order valence-electron chi connectivity index (χ4n) is 5.72. The van der Waals surface area contributed by atoms with Crippen LogP contribution in [-0.4, -0.2) is 30.9 Å². The van der Waals surface area contributed by atoms with Gasteiger partial charge in [0.1, 0.15) is 12.4 Å². The number of methoxy groups -OCH3 is 1. The van der Waals surface area contributed by atoms with E-state index >= 15 is 0 Å². The summed E-state index contributed by atoms with van der Waals surface area (Å²) >= 11 is 7.58. The number of rotatable bonds is 10. The maximum absolute atomic E-state index is 14.3. The van der Waals surface area contributed by atoms with Crippen molar-refractivity contribution in [1.82, 2.24) is 4.57 Å². The van der Waals surface area contributed by atoms with Gasteiger partial charge in [-0.25, -0.2) is 9.79 Å². The van der Waals surface area contributed by atoms with Crippen LogP contribution in [0.5, 0.6) is 17.2 Å². The van der Waals surface area contributed by atoms with E-state index in [2.05, 4.69) is 0 Å². The Hall–Kier alpha value is -4.86. The van der Waals surface area contributed by atoms with Gasteiger partial charge in [0, 0.05) is 16.0 Å². The molecule has 0 unspecified atom stereocenters. The second-order valence-electron chi connectivity index (χ2n) is 10.7. The number of hydrogen-bond acceptors (Lipinski definition) is 8. The Bertz CT molecular complexity index is 2200. The van der Waals surface area contributed by atoms with Gasteiger partial charge in [0.05, 0.1) is 42.2 Å². The van der Waals surface area contributed by atoms with Crippen molar-refractivity contribution in [2.45, 2.75) is 33.4 Å². The summed E-state index contributed by atoms with van der Waals surface area (Å²) in [6, 6.07) is 23.8. The van der Waals surface area contributed by atoms with Crippen LogP contribution in [0.1, 0.15) is 43.5 Å². The van der Waals surface area contributed by atoms with Crippen molar-refractivity contribution in [3.63, 3.8) is 0 Å². The zero-order valence-corrected chi connectivity index (χ0v) is 28.0. The third kappa shape index (κ3) is 6.28. The molecule has 47 heavy (non-hydrogen) atoms. The van der Waals surface area contributed by atoms with Gasteiger partial charge >= 0.3 is 5.97 Å². The van der Waals surface area contributed by atoms with Crippen LogP contribution in [0.25, 0.3) is 16.8 Å². The topological polar surface area (TPSA) is 88.4 Å². The van der Waals surface area contributed by atoms with E-state index in [0.29, 0.717) is 49.5 Å². The number of hydrogen-bond donors (Lipinski definition) is 0. The molecule has 0 aliphatic carbocycles. The monoisotopic (exact) mass is 668 g/mol. The number of fused-ring (bicyclic) bond motifs is 2. The molecule has 6 rings (SSSR count). The molecule has 0 N–H and O–H groups in total. The molecule has 0 amide bonds. The number of thiazole rings is 1. The van der Waals surface area contributed by atoms with E-state index in [4.69, 9.17) is 35.5 Å². The van der Waals surface area contributed by atoms with Gasteiger partial charge in [-0.3, -0.25) is 9.36 Å². The van der Waals surface area contributed by atoms with E-state index in [1.807, 2.05) is 85.8 Å². The molecule has 0 bridgehead atoms. The van der Waals surface area contributed by atoms with Crippen molar-refractivity contribution < 1.29 is 23.7 Å². The summed E-state index contributed by atoms with van der Waals surface area (Å²) in [6.07, 6.45) is 1.80. The maximum Gasteiger partial charge on any atom is 0.338 e. The van der Waals surface area contributed by atoms with Crippen LogP contribution in [0.3, 0.4) is 0 Å². The highest BCUT2D eigenvalue weighted by atomic mass is 35.5. The SMILES string of the molecule is CCOC(=O)C1=C(C)N=c2s/c(=C\c3ccc(OCc4ccccc4Cl)c(OCC)c3)c(=O)n2[C@@H]1c1ccc(OC)c2ccccc12. The number of carbonyl (C=O) groups excluding carboxylic acids is 1. The standard InChI is InChI=1S/C37H33ClN2O6S/c1-5-44-31-19-23(15-17-30(31)46-21-24-11-7-10-14-28(24)38)20-32-35(41)40-34(33(36(42)45-6-2)22(3)39-37(40)47-32)27-16-18-29(43-4)26-13-9-8-12-25(26)27/h7-20,34H,5-6,21H2,1-4H3/b32-20-/t34-/m1/s1. The highest BCUT2D eigenvalue weighted by Gasteiger charge is 2.34. The summed E-state index contributed by atoms with van der Waals surface area (Å²) < 4.78 is 25.1. The number of ether oxygens (including phenoxy) is 4. The van der Waals surface area contributed by atoms with E-state index in [0.717, 1.165) is 27.5 Å². The highest BCUT2D eigenvalue weighted by molar-refractivity contribution is 7.07. The summed E-state index contributed by atoms with van der Waals surface area (Å²) in [6.45, 7) is 6.33. The van der Waals surface area contributed by atoms with Crippen molar-refractivity contribution in [3.8, 4) is 17.2 Å². The first kappa shape index (κ1) is 32.1. The van der Waals surface area contributed by atoms with Crippen molar-refractivity contribution in [3.05, 3.63) is 132 Å². The molecular weight excluding hydrogens is 636 g/mol. The van der Waals surface area contributed by atoms with Crippen LogP contribution in [-0.2, 0) is 16.1 Å². The van der Waals surface area contributed by atoms with E-state index < -0.39 is 12.0 Å². The summed E-state index contributed by atoms with van der Waals surface area (Å²) in [5.74, 6) is 1.29. The summed E-state index contributed by atoms with van der Waals surface area (Å²) in [4.78, 5) is 32.9. The molecule has 10 heteroatoms. The number of carbonyl (C=O) groups is 1. The van der Waals surface area contributed by atoms with Crippen LogP contribution < -0.4 is 29.1 Å². The predicted molar refractivity (Wildman–Crippen MR) is 184 cm³/mol. The average Bonchev–Trinajstić information content (AvgIpc) is 3.37. The molecule has 1 atom stereocenters. The number of halogens is 1. The summed E-state index contributed by atoms with van der Waals surface area (Å²) in [7, 11) is 1.62. The van der Waals surface area contributed by atoms with Gasteiger partial charge in [-0.2, -0.15) is 0 Å². The first-order chi connectivity index (χ1) is 22.8. The van der Waals surface area contributed by atoms with E-state index in [9.17, 15) is 9.59 Å². The van der Waals surface area contributed by atoms with Gasteiger partial charge in [0.25, 0.3) is 5.56 Å². The summed E-state index contributed by atoms with van der Waals surface area (Å²) in [5, 5.41) is 2.35. The lowest BCUT2D eigenvalue weighted by Gasteiger charge is -2.26. The molecule has 0 saturated heterocycles. The van der Waals surface area contributed by atoms with Crippen LogP contribution in [0.2, 0.25) is 5.02 Å². The number of nitrogens with zero attached hydrogens (tertiary/aromatic N) is 2. The quantitative estimate of drug-likeness (QED) is 0.156. The smallest absolute Gasteiger partial charge is 0.338 e. The lowest BCUT2D eigenvalue weighted by molar-refractivity contribution is -0.139. The van der Waals surface area contributed by atoms with Crippen molar-refractivity contribution in [1.29, 1.82) is 0 Å². The second kappa shape index (κ2) is 13.9. The van der Waals surface area contributed by atoms with Crippen molar-refractivity contribution >= 4 is 45.8 Å². The van der Waals surface area contributed by atoms with Gasteiger partial charge in [-0.05, 0) is 67.6 Å². The zero-order chi connectivity index (χ0) is 33.1. The third-order valence-corrected chi connectivity index (χ3v) is 9.21. The van der Waals surface area contributed by atoms with E-state index in [-0.39, 0.29) is 18.8 Å². The Morgan fingerprint density at radius 2 is 1.68 bits per heavy atom. The Labute approximate surface area is 280 Å². The minimum atomic E-state index is -0.761. The fourth-order valence-corrected chi connectivity index (χ4v) is 6.96. The molecule has 0 saturated carbocycles. The second-order valence-corrected chi connectivity index (χ2v) is 12.1. The molecule has 0 fully saturated rings. The van der Waals surface area contributed by atoms with Gasteiger partial charge < -0.3 is 18.9 Å². The number of aromatic nitrogens is 1. The van der Waals surface area contributed by atoms with Gasteiger partial charge in [0.15, 0.2) is 16.3 Å². The number of esters is 1. The van der Waals surface area contributed by atoms with Crippen LogP contribution >= 0.6 is 22.9 Å². The first-order valence-electron chi connectivity index (χ1n) is 15.2. The molecule has 1 aromatic heterocycles.